The summed E-state index contributed by atoms with van der Waals surface area (Å²) in [5.74, 6) is -0.137. The molecule has 1 unspecified atom stereocenters. The molecule has 0 bridgehead atoms. The van der Waals surface area contributed by atoms with Gasteiger partial charge in [-0.05, 0) is 30.7 Å². The van der Waals surface area contributed by atoms with E-state index in [-0.39, 0.29) is 24.7 Å². The Balaban J connectivity index is 1.63. The van der Waals surface area contributed by atoms with E-state index >= 15 is 0 Å². The number of hydrogen-bond donors (Lipinski definition) is 1. The fourth-order valence-corrected chi connectivity index (χ4v) is 2.98. The largest absolute Gasteiger partial charge is 0.481 e. The van der Waals surface area contributed by atoms with Gasteiger partial charge in [-0.1, -0.05) is 0 Å². The van der Waals surface area contributed by atoms with Crippen LogP contribution in [0.4, 0.5) is 5.69 Å². The number of hydrogen-bond acceptors (Lipinski definition) is 6. The minimum absolute atomic E-state index is 0.00826. The van der Waals surface area contributed by atoms with Crippen LogP contribution in [0.2, 0.25) is 0 Å². The van der Waals surface area contributed by atoms with Gasteiger partial charge in [-0.25, -0.2) is 0 Å². The molecule has 3 rings (SSSR count). The Kier molecular flexibility index (Phi) is 5.20. The van der Waals surface area contributed by atoms with Gasteiger partial charge >= 0.3 is 5.97 Å². The maximum absolute atomic E-state index is 12.0. The third-order valence-electron chi connectivity index (χ3n) is 4.51. The summed E-state index contributed by atoms with van der Waals surface area (Å²) in [7, 11) is 3.95. The standard InChI is InChI=1S/C18H22N4O4/c1-21(2)14-5-3-12(4-6-14)17-19-20-18(26-17)13-9-10-22(11-13)15(23)7-8-16(24)25/h3-6,13H,7-11H2,1-2H3,(H,24,25). The summed E-state index contributed by atoms with van der Waals surface area (Å²) in [5, 5.41) is 17.0. The monoisotopic (exact) mass is 358 g/mol. The van der Waals surface area contributed by atoms with Crippen LogP contribution in [0, 0.1) is 0 Å². The number of nitrogens with zero attached hydrogens (tertiary/aromatic N) is 4. The minimum Gasteiger partial charge on any atom is -0.481 e. The molecule has 1 aromatic carbocycles. The van der Waals surface area contributed by atoms with Gasteiger partial charge in [0, 0.05) is 44.9 Å². The van der Waals surface area contributed by atoms with Gasteiger partial charge in [0.15, 0.2) is 0 Å². The fraction of sp³-hybridized carbons (Fsp3) is 0.444. The van der Waals surface area contributed by atoms with Gasteiger partial charge in [0.2, 0.25) is 17.7 Å². The van der Waals surface area contributed by atoms with E-state index in [1.54, 1.807) is 4.90 Å². The van der Waals surface area contributed by atoms with Crippen LogP contribution in [0.1, 0.15) is 31.1 Å². The summed E-state index contributed by atoms with van der Waals surface area (Å²) in [4.78, 5) is 26.3. The molecule has 0 saturated carbocycles. The Morgan fingerprint density at radius 2 is 1.96 bits per heavy atom. The zero-order valence-electron chi connectivity index (χ0n) is 14.9. The second kappa shape index (κ2) is 7.55. The quantitative estimate of drug-likeness (QED) is 0.843. The molecular weight excluding hydrogens is 336 g/mol. The van der Waals surface area contributed by atoms with Crippen molar-refractivity contribution in [3.8, 4) is 11.5 Å². The predicted octanol–water partition coefficient (Wildman–Crippen LogP) is 1.98. The molecule has 1 fully saturated rings. The molecule has 26 heavy (non-hydrogen) atoms. The van der Waals surface area contributed by atoms with E-state index in [9.17, 15) is 9.59 Å². The Bertz CT molecular complexity index is 785. The molecule has 1 amide bonds. The molecule has 2 aromatic rings. The number of aliphatic carboxylic acids is 1. The normalized spacial score (nSPS) is 16.7. The number of anilines is 1. The van der Waals surface area contributed by atoms with E-state index in [2.05, 4.69) is 10.2 Å². The van der Waals surface area contributed by atoms with Crippen LogP contribution >= 0.6 is 0 Å². The van der Waals surface area contributed by atoms with Crippen molar-refractivity contribution >= 4 is 17.6 Å². The molecule has 1 N–H and O–H groups in total. The molecular formula is C18H22N4O4. The van der Waals surface area contributed by atoms with Gasteiger partial charge in [-0.2, -0.15) is 0 Å². The lowest BCUT2D eigenvalue weighted by Gasteiger charge is -2.14. The number of aromatic nitrogens is 2. The van der Waals surface area contributed by atoms with E-state index < -0.39 is 5.97 Å². The third-order valence-corrected chi connectivity index (χ3v) is 4.51. The van der Waals surface area contributed by atoms with Crippen LogP contribution in [-0.2, 0) is 9.59 Å². The molecule has 1 saturated heterocycles. The molecule has 138 valence electrons. The van der Waals surface area contributed by atoms with E-state index in [0.717, 1.165) is 17.7 Å². The zero-order valence-corrected chi connectivity index (χ0v) is 14.9. The molecule has 1 atom stereocenters. The summed E-state index contributed by atoms with van der Waals surface area (Å²) < 4.78 is 5.81. The van der Waals surface area contributed by atoms with Gasteiger partial charge in [0.1, 0.15) is 0 Å². The maximum atomic E-state index is 12.0. The molecule has 1 aliphatic rings. The van der Waals surface area contributed by atoms with Crippen molar-refractivity contribution in [2.45, 2.75) is 25.2 Å². The second-order valence-corrected chi connectivity index (χ2v) is 6.61. The first-order valence-corrected chi connectivity index (χ1v) is 8.55. The number of likely N-dealkylation sites (tertiary alicyclic amines) is 1. The van der Waals surface area contributed by atoms with Crippen LogP contribution in [0.3, 0.4) is 0 Å². The number of carboxylic acid groups (broad SMARTS) is 1. The third kappa shape index (κ3) is 4.01. The first kappa shape index (κ1) is 17.9. The first-order valence-electron chi connectivity index (χ1n) is 8.55. The van der Waals surface area contributed by atoms with Crippen molar-refractivity contribution in [2.75, 3.05) is 32.1 Å². The van der Waals surface area contributed by atoms with Gasteiger partial charge < -0.3 is 19.3 Å². The Labute approximate surface area is 151 Å². The summed E-state index contributed by atoms with van der Waals surface area (Å²) in [5.41, 5.74) is 1.93. The van der Waals surface area contributed by atoms with Crippen molar-refractivity contribution in [1.82, 2.24) is 15.1 Å². The topological polar surface area (TPSA) is 99.8 Å². The Morgan fingerprint density at radius 1 is 1.23 bits per heavy atom. The van der Waals surface area contributed by atoms with Crippen molar-refractivity contribution in [1.29, 1.82) is 0 Å². The van der Waals surface area contributed by atoms with Crippen molar-refractivity contribution in [3.63, 3.8) is 0 Å². The van der Waals surface area contributed by atoms with Gasteiger partial charge in [0.05, 0.1) is 12.3 Å². The second-order valence-electron chi connectivity index (χ2n) is 6.61. The average molecular weight is 358 g/mol. The van der Waals surface area contributed by atoms with E-state index in [1.165, 1.54) is 0 Å². The number of carbonyl (C=O) groups excluding carboxylic acids is 1. The lowest BCUT2D eigenvalue weighted by Crippen LogP contribution is -2.28. The summed E-state index contributed by atoms with van der Waals surface area (Å²) in [6.07, 6.45) is 0.614. The highest BCUT2D eigenvalue weighted by Crippen LogP contribution is 2.29. The minimum atomic E-state index is -0.962. The Hall–Kier alpha value is -2.90. The molecule has 0 spiro atoms. The number of amides is 1. The number of carboxylic acids is 1. The first-order chi connectivity index (χ1) is 12.4. The van der Waals surface area contributed by atoms with Crippen molar-refractivity contribution in [2.24, 2.45) is 0 Å². The van der Waals surface area contributed by atoms with Crippen molar-refractivity contribution in [3.05, 3.63) is 30.2 Å². The SMILES string of the molecule is CN(C)c1ccc(-c2nnc(C3CCN(C(=O)CCC(=O)O)C3)o2)cc1. The van der Waals surface area contributed by atoms with Crippen LogP contribution < -0.4 is 4.90 Å². The fourth-order valence-electron chi connectivity index (χ4n) is 2.98. The molecule has 1 aliphatic heterocycles. The van der Waals surface area contributed by atoms with E-state index in [1.807, 2.05) is 43.3 Å². The lowest BCUT2D eigenvalue weighted by atomic mass is 10.1. The number of benzene rings is 1. The molecule has 2 heterocycles. The zero-order chi connectivity index (χ0) is 18.7. The molecule has 0 aliphatic carbocycles. The summed E-state index contributed by atoms with van der Waals surface area (Å²) >= 11 is 0. The number of carbonyl (C=O) groups is 2. The molecule has 8 nitrogen and oxygen atoms in total. The molecule has 1 aromatic heterocycles. The lowest BCUT2D eigenvalue weighted by molar-refractivity contribution is -0.140. The smallest absolute Gasteiger partial charge is 0.303 e. The van der Waals surface area contributed by atoms with Crippen molar-refractivity contribution < 1.29 is 19.1 Å². The van der Waals surface area contributed by atoms with Crippen LogP contribution in [0.5, 0.6) is 0 Å². The highest BCUT2D eigenvalue weighted by atomic mass is 16.4. The van der Waals surface area contributed by atoms with Crippen LogP contribution in [0.15, 0.2) is 28.7 Å². The van der Waals surface area contributed by atoms with Gasteiger partial charge in [-0.3, -0.25) is 9.59 Å². The summed E-state index contributed by atoms with van der Waals surface area (Å²) in [6.45, 7) is 1.07. The molecule has 0 radical (unpaired) electrons. The van der Waals surface area contributed by atoms with Gasteiger partial charge in [0.25, 0.3) is 0 Å². The molecule has 8 heteroatoms. The predicted molar refractivity (Wildman–Crippen MR) is 94.9 cm³/mol. The maximum Gasteiger partial charge on any atom is 0.303 e. The highest BCUT2D eigenvalue weighted by molar-refractivity contribution is 5.81. The average Bonchev–Trinajstić information content (AvgIpc) is 3.29. The van der Waals surface area contributed by atoms with E-state index in [4.69, 9.17) is 9.52 Å². The van der Waals surface area contributed by atoms with Crippen LogP contribution in [-0.4, -0.2) is 59.3 Å². The Morgan fingerprint density at radius 3 is 2.62 bits per heavy atom. The summed E-state index contributed by atoms with van der Waals surface area (Å²) in [6, 6.07) is 7.83. The van der Waals surface area contributed by atoms with Crippen LogP contribution in [0.25, 0.3) is 11.5 Å². The number of rotatable bonds is 6. The van der Waals surface area contributed by atoms with E-state index in [0.29, 0.717) is 24.9 Å². The highest BCUT2D eigenvalue weighted by Gasteiger charge is 2.31. The van der Waals surface area contributed by atoms with Gasteiger partial charge in [-0.15, -0.1) is 10.2 Å².